The Labute approximate surface area is 99.0 Å². The zero-order chi connectivity index (χ0) is 12.5. The van der Waals surface area contributed by atoms with Crippen LogP contribution in [0.5, 0.6) is 0 Å². The molecule has 92 valence electrons. The molecule has 1 heterocycles. The number of nitrogens with one attached hydrogen (secondary N) is 1. The Morgan fingerprint density at radius 1 is 1.29 bits per heavy atom. The average Bonchev–Trinajstić information content (AvgIpc) is 2.61. The van der Waals surface area contributed by atoms with Gasteiger partial charge >= 0.3 is 0 Å². The van der Waals surface area contributed by atoms with Gasteiger partial charge in [-0.05, 0) is 41.9 Å². The van der Waals surface area contributed by atoms with Crippen LogP contribution in [0.3, 0.4) is 0 Å². The van der Waals surface area contributed by atoms with Gasteiger partial charge in [0.15, 0.2) is 0 Å². The molecule has 0 aliphatic heterocycles. The smallest absolute Gasteiger partial charge is 0.216 e. The molecule has 0 radical (unpaired) electrons. The third-order valence-corrected chi connectivity index (χ3v) is 3.63. The summed E-state index contributed by atoms with van der Waals surface area (Å²) in [5.41, 5.74) is 1.83. The molecule has 0 bridgehead atoms. The van der Waals surface area contributed by atoms with Crippen molar-refractivity contribution < 1.29 is 13.0 Å². The third-order valence-electron chi connectivity index (χ3n) is 2.09. The van der Waals surface area contributed by atoms with Crippen molar-refractivity contribution in [2.24, 2.45) is 0 Å². The first-order valence-electron chi connectivity index (χ1n) is 5.17. The molecule has 2 rings (SSSR count). The summed E-state index contributed by atoms with van der Waals surface area (Å²) < 4.78 is 30.5. The molecule has 1 aromatic heterocycles. The van der Waals surface area contributed by atoms with Gasteiger partial charge in [-0.1, -0.05) is 6.07 Å². The Balaban J connectivity index is 2.23. The van der Waals surface area contributed by atoms with E-state index in [9.17, 15) is 8.42 Å². The molecule has 0 unspecified atom stereocenters. The number of aromatic nitrogens is 2. The van der Waals surface area contributed by atoms with Gasteiger partial charge < -0.3 is 0 Å². The van der Waals surface area contributed by atoms with E-state index in [2.05, 4.69) is 19.7 Å². The maximum absolute atomic E-state index is 11.7. The van der Waals surface area contributed by atoms with Gasteiger partial charge in [-0.15, -0.1) is 0 Å². The first-order valence-corrected chi connectivity index (χ1v) is 6.83. The minimum Gasteiger partial charge on any atom is -0.243 e. The number of hydrogen-bond acceptors (Lipinski definition) is 5. The van der Waals surface area contributed by atoms with E-state index >= 15 is 0 Å². The molecule has 2 aromatic rings. The summed E-state index contributed by atoms with van der Waals surface area (Å²) in [6.07, 6.45) is 0. The summed E-state index contributed by atoms with van der Waals surface area (Å²) in [6, 6.07) is 4.93. The van der Waals surface area contributed by atoms with Crippen LogP contribution in [0.4, 0.5) is 0 Å². The Hall–Kier alpha value is -1.47. The minimum atomic E-state index is -3.31. The normalized spacial score (nSPS) is 12.4. The highest BCUT2D eigenvalue weighted by molar-refractivity contribution is 7.88. The molecule has 7 heteroatoms. The van der Waals surface area contributed by atoms with Gasteiger partial charge in [0.05, 0.1) is 5.75 Å². The monoisotopic (exact) mass is 255 g/mol. The predicted octanol–water partition coefficient (Wildman–Crippen LogP) is 1.05. The quantitative estimate of drug-likeness (QED) is 0.882. The zero-order valence-corrected chi connectivity index (χ0v) is 10.4. The predicted molar refractivity (Wildman–Crippen MR) is 62.7 cm³/mol. The zero-order valence-electron chi connectivity index (χ0n) is 9.54. The molecule has 0 spiro atoms. The summed E-state index contributed by atoms with van der Waals surface area (Å²) >= 11 is 0. The van der Waals surface area contributed by atoms with Crippen LogP contribution < -0.4 is 4.72 Å². The first-order chi connectivity index (χ1) is 7.96. The van der Waals surface area contributed by atoms with Crippen LogP contribution in [0.1, 0.15) is 19.4 Å². The summed E-state index contributed by atoms with van der Waals surface area (Å²) in [4.78, 5) is 0. The fourth-order valence-corrected chi connectivity index (χ4v) is 2.96. The fourth-order valence-electron chi connectivity index (χ4n) is 1.54. The Kier molecular flexibility index (Phi) is 3.12. The lowest BCUT2D eigenvalue weighted by molar-refractivity contribution is 0.315. The van der Waals surface area contributed by atoms with Crippen molar-refractivity contribution in [2.45, 2.75) is 25.6 Å². The van der Waals surface area contributed by atoms with Gasteiger partial charge in [0.1, 0.15) is 11.0 Å². The molecule has 0 aliphatic carbocycles. The number of nitrogens with zero attached hydrogens (tertiary/aromatic N) is 2. The molecule has 0 fully saturated rings. The second-order valence-electron chi connectivity index (χ2n) is 4.12. The number of benzene rings is 1. The van der Waals surface area contributed by atoms with Crippen LogP contribution in [0.25, 0.3) is 11.0 Å². The lowest BCUT2D eigenvalue weighted by atomic mass is 10.2. The summed E-state index contributed by atoms with van der Waals surface area (Å²) in [7, 11) is -3.31. The van der Waals surface area contributed by atoms with Crippen LogP contribution in [-0.4, -0.2) is 24.8 Å². The van der Waals surface area contributed by atoms with E-state index in [0.29, 0.717) is 16.6 Å². The molecular weight excluding hydrogens is 242 g/mol. The van der Waals surface area contributed by atoms with Gasteiger partial charge in [-0.25, -0.2) is 17.8 Å². The Bertz CT molecular complexity index is 619. The highest BCUT2D eigenvalue weighted by atomic mass is 32.2. The first kappa shape index (κ1) is 12.0. The van der Waals surface area contributed by atoms with Crippen molar-refractivity contribution in [3.8, 4) is 0 Å². The largest absolute Gasteiger partial charge is 0.243 e. The van der Waals surface area contributed by atoms with E-state index in [0.717, 1.165) is 0 Å². The highest BCUT2D eigenvalue weighted by Crippen LogP contribution is 2.13. The minimum absolute atomic E-state index is 0.0754. The number of rotatable bonds is 4. The van der Waals surface area contributed by atoms with Crippen molar-refractivity contribution in [3.63, 3.8) is 0 Å². The molecule has 1 N–H and O–H groups in total. The van der Waals surface area contributed by atoms with E-state index in [-0.39, 0.29) is 11.8 Å². The van der Waals surface area contributed by atoms with Crippen LogP contribution in [0.15, 0.2) is 22.8 Å². The standard InChI is InChI=1S/C10H13N3O3S/c1-7(2)13-17(14,15)6-8-3-4-9-10(5-8)12-16-11-9/h3-5,7,13H,6H2,1-2H3. The molecule has 0 saturated heterocycles. The fraction of sp³-hybridized carbons (Fsp3) is 0.400. The molecule has 1 aromatic carbocycles. The molecule has 6 nitrogen and oxygen atoms in total. The SMILES string of the molecule is CC(C)NS(=O)(=O)Cc1ccc2nonc2c1. The molecule has 17 heavy (non-hydrogen) atoms. The van der Waals surface area contributed by atoms with Gasteiger partial charge in [0.2, 0.25) is 10.0 Å². The lowest BCUT2D eigenvalue weighted by Gasteiger charge is -2.09. The van der Waals surface area contributed by atoms with Gasteiger partial charge in [0, 0.05) is 6.04 Å². The molecule has 0 atom stereocenters. The van der Waals surface area contributed by atoms with Crippen LogP contribution >= 0.6 is 0 Å². The average molecular weight is 255 g/mol. The molecule has 0 amide bonds. The molecule has 0 saturated carbocycles. The highest BCUT2D eigenvalue weighted by Gasteiger charge is 2.13. The van der Waals surface area contributed by atoms with Crippen LogP contribution in [0, 0.1) is 0 Å². The van der Waals surface area contributed by atoms with Crippen molar-refractivity contribution in [2.75, 3.05) is 0 Å². The van der Waals surface area contributed by atoms with E-state index in [1.807, 2.05) is 0 Å². The Morgan fingerprint density at radius 3 is 2.71 bits per heavy atom. The molecule has 0 aliphatic rings. The van der Waals surface area contributed by atoms with E-state index in [4.69, 9.17) is 0 Å². The van der Waals surface area contributed by atoms with Crippen LogP contribution in [-0.2, 0) is 15.8 Å². The van der Waals surface area contributed by atoms with Crippen molar-refractivity contribution in [3.05, 3.63) is 23.8 Å². The van der Waals surface area contributed by atoms with Gasteiger partial charge in [-0.3, -0.25) is 0 Å². The van der Waals surface area contributed by atoms with Crippen LogP contribution in [0.2, 0.25) is 0 Å². The number of hydrogen-bond donors (Lipinski definition) is 1. The maximum Gasteiger partial charge on any atom is 0.216 e. The number of fused-ring (bicyclic) bond motifs is 1. The van der Waals surface area contributed by atoms with Crippen molar-refractivity contribution in [1.29, 1.82) is 0 Å². The topological polar surface area (TPSA) is 85.1 Å². The van der Waals surface area contributed by atoms with E-state index < -0.39 is 10.0 Å². The van der Waals surface area contributed by atoms with Crippen molar-refractivity contribution >= 4 is 21.1 Å². The second kappa shape index (κ2) is 4.42. The third kappa shape index (κ3) is 3.01. The van der Waals surface area contributed by atoms with E-state index in [1.165, 1.54) is 0 Å². The Morgan fingerprint density at radius 2 is 2.00 bits per heavy atom. The number of sulfonamides is 1. The van der Waals surface area contributed by atoms with Gasteiger partial charge in [0.25, 0.3) is 0 Å². The van der Waals surface area contributed by atoms with Gasteiger partial charge in [-0.2, -0.15) is 0 Å². The maximum atomic E-state index is 11.7. The van der Waals surface area contributed by atoms with Crippen molar-refractivity contribution in [1.82, 2.24) is 15.0 Å². The summed E-state index contributed by atoms with van der Waals surface area (Å²) in [5.74, 6) is -0.0754. The lowest BCUT2D eigenvalue weighted by Crippen LogP contribution is -2.31. The summed E-state index contributed by atoms with van der Waals surface area (Å²) in [6.45, 7) is 3.56. The second-order valence-corrected chi connectivity index (χ2v) is 5.87. The summed E-state index contributed by atoms with van der Waals surface area (Å²) in [5, 5.41) is 7.32. The van der Waals surface area contributed by atoms with E-state index in [1.54, 1.807) is 32.0 Å². The molecular formula is C10H13N3O3S.